The summed E-state index contributed by atoms with van der Waals surface area (Å²) in [5.74, 6) is 0. The summed E-state index contributed by atoms with van der Waals surface area (Å²) in [5, 5.41) is 0. The highest BCUT2D eigenvalue weighted by atomic mass is 32.1. The molecule has 0 bridgehead atoms. The molecule has 1 aliphatic rings. The first-order chi connectivity index (χ1) is 8.84. The standard InChI is InChI=1S/C11H16N2S.2C2H6/c14-13-8-6-12(7-9-13)10-11-4-2-1-3-5-11;2*1-2/h1-5,14H,6-10H2;2*1-2H3. The summed E-state index contributed by atoms with van der Waals surface area (Å²) >= 11 is 4.33. The Labute approximate surface area is 119 Å². The molecule has 2 rings (SSSR count). The lowest BCUT2D eigenvalue weighted by atomic mass is 10.2. The van der Waals surface area contributed by atoms with Crippen LogP contribution >= 0.6 is 12.8 Å². The first-order valence-corrected chi connectivity index (χ1v) is 7.45. The van der Waals surface area contributed by atoms with Crippen molar-refractivity contribution in [3.63, 3.8) is 0 Å². The van der Waals surface area contributed by atoms with Gasteiger partial charge in [-0.15, -0.1) is 0 Å². The van der Waals surface area contributed by atoms with Crippen molar-refractivity contribution in [2.75, 3.05) is 26.2 Å². The molecule has 0 spiro atoms. The molecule has 0 aliphatic carbocycles. The Hall–Kier alpha value is -0.510. The molecule has 1 fully saturated rings. The van der Waals surface area contributed by atoms with Gasteiger partial charge in [-0.25, -0.2) is 0 Å². The van der Waals surface area contributed by atoms with E-state index in [9.17, 15) is 0 Å². The maximum Gasteiger partial charge on any atom is 0.0234 e. The summed E-state index contributed by atoms with van der Waals surface area (Å²) in [6, 6.07) is 10.6. The van der Waals surface area contributed by atoms with Crippen LogP contribution in [0.2, 0.25) is 0 Å². The smallest absolute Gasteiger partial charge is 0.0234 e. The SMILES string of the molecule is CC.CC.SN1CCN(Cc2ccccc2)CC1. The van der Waals surface area contributed by atoms with Crippen LogP contribution in [0.4, 0.5) is 0 Å². The van der Waals surface area contributed by atoms with Crippen LogP contribution in [0.1, 0.15) is 33.3 Å². The number of benzene rings is 1. The Bertz CT molecular complexity index is 269. The third-order valence-corrected chi connectivity index (χ3v) is 3.00. The summed E-state index contributed by atoms with van der Waals surface area (Å²) < 4.78 is 2.08. The average Bonchev–Trinajstić information content (AvgIpc) is 2.47. The van der Waals surface area contributed by atoms with E-state index in [0.29, 0.717) is 0 Å². The quantitative estimate of drug-likeness (QED) is 0.817. The Morgan fingerprint density at radius 2 is 1.39 bits per heavy atom. The number of thiol groups is 1. The predicted molar refractivity (Wildman–Crippen MR) is 85.0 cm³/mol. The first kappa shape index (κ1) is 17.5. The number of hydrogen-bond acceptors (Lipinski definition) is 3. The third-order valence-electron chi connectivity index (χ3n) is 2.60. The van der Waals surface area contributed by atoms with Crippen molar-refractivity contribution < 1.29 is 0 Å². The lowest BCUT2D eigenvalue weighted by Crippen LogP contribution is -2.41. The number of hydrogen-bond donors (Lipinski definition) is 1. The van der Waals surface area contributed by atoms with E-state index in [1.54, 1.807) is 0 Å². The normalized spacial score (nSPS) is 16.1. The Morgan fingerprint density at radius 1 is 0.889 bits per heavy atom. The number of nitrogens with zero attached hydrogens (tertiary/aromatic N) is 2. The van der Waals surface area contributed by atoms with E-state index in [1.807, 2.05) is 27.7 Å². The minimum atomic E-state index is 1.07. The molecule has 1 saturated heterocycles. The van der Waals surface area contributed by atoms with E-state index in [1.165, 1.54) is 5.56 Å². The summed E-state index contributed by atoms with van der Waals surface area (Å²) in [4.78, 5) is 2.47. The molecule has 0 amide bonds. The maximum atomic E-state index is 4.33. The van der Waals surface area contributed by atoms with Gasteiger partial charge in [-0.3, -0.25) is 9.21 Å². The fourth-order valence-corrected chi connectivity index (χ4v) is 1.92. The summed E-state index contributed by atoms with van der Waals surface area (Å²) in [6.07, 6.45) is 0. The van der Waals surface area contributed by atoms with Crippen LogP contribution in [0.25, 0.3) is 0 Å². The van der Waals surface area contributed by atoms with Gasteiger partial charge in [0.1, 0.15) is 0 Å². The second-order valence-corrected chi connectivity index (χ2v) is 4.28. The summed E-state index contributed by atoms with van der Waals surface area (Å²) in [7, 11) is 0. The number of rotatable bonds is 2. The van der Waals surface area contributed by atoms with Crippen molar-refractivity contribution in [1.82, 2.24) is 9.21 Å². The molecule has 0 unspecified atom stereocenters. The highest BCUT2D eigenvalue weighted by Crippen LogP contribution is 2.08. The predicted octanol–water partition coefficient (Wildman–Crippen LogP) is 3.70. The van der Waals surface area contributed by atoms with E-state index in [0.717, 1.165) is 32.7 Å². The lowest BCUT2D eigenvalue weighted by Gasteiger charge is -2.31. The van der Waals surface area contributed by atoms with E-state index in [2.05, 4.69) is 52.4 Å². The van der Waals surface area contributed by atoms with Gasteiger partial charge in [0.2, 0.25) is 0 Å². The zero-order chi connectivity index (χ0) is 13.8. The molecule has 0 saturated carbocycles. The van der Waals surface area contributed by atoms with Gasteiger partial charge in [-0.2, -0.15) is 0 Å². The fourth-order valence-electron chi connectivity index (χ4n) is 1.74. The minimum absolute atomic E-state index is 1.07. The second-order valence-electron chi connectivity index (χ2n) is 3.72. The van der Waals surface area contributed by atoms with Gasteiger partial charge >= 0.3 is 0 Å². The van der Waals surface area contributed by atoms with E-state index in [4.69, 9.17) is 0 Å². The highest BCUT2D eigenvalue weighted by molar-refractivity contribution is 7.77. The molecule has 1 aliphatic heterocycles. The van der Waals surface area contributed by atoms with Crippen molar-refractivity contribution in [3.05, 3.63) is 35.9 Å². The van der Waals surface area contributed by atoms with E-state index in [-0.39, 0.29) is 0 Å². The van der Waals surface area contributed by atoms with Gasteiger partial charge in [-0.1, -0.05) is 70.8 Å². The molecule has 0 atom stereocenters. The summed E-state index contributed by atoms with van der Waals surface area (Å²) in [6.45, 7) is 13.4. The zero-order valence-electron chi connectivity index (χ0n) is 12.3. The highest BCUT2D eigenvalue weighted by Gasteiger charge is 2.13. The van der Waals surface area contributed by atoms with Gasteiger partial charge in [0.25, 0.3) is 0 Å². The van der Waals surface area contributed by atoms with Crippen molar-refractivity contribution in [2.45, 2.75) is 34.2 Å². The molecule has 1 aromatic rings. The maximum absolute atomic E-state index is 4.33. The third kappa shape index (κ3) is 7.04. The molecule has 1 heterocycles. The second kappa shape index (κ2) is 11.6. The van der Waals surface area contributed by atoms with Crippen molar-refractivity contribution >= 4 is 12.8 Å². The molecular weight excluding hydrogens is 240 g/mol. The van der Waals surface area contributed by atoms with Crippen LogP contribution in [0.15, 0.2) is 30.3 Å². The van der Waals surface area contributed by atoms with Gasteiger partial charge < -0.3 is 0 Å². The molecule has 2 nitrogen and oxygen atoms in total. The fraction of sp³-hybridized carbons (Fsp3) is 0.600. The Kier molecular flexibility index (Phi) is 11.2. The molecule has 0 aromatic heterocycles. The van der Waals surface area contributed by atoms with Crippen LogP contribution in [-0.2, 0) is 6.54 Å². The lowest BCUT2D eigenvalue weighted by molar-refractivity contribution is 0.190. The molecule has 0 N–H and O–H groups in total. The molecule has 3 heteroatoms. The van der Waals surface area contributed by atoms with Crippen molar-refractivity contribution in [2.24, 2.45) is 0 Å². The van der Waals surface area contributed by atoms with Gasteiger partial charge in [-0.05, 0) is 5.56 Å². The van der Waals surface area contributed by atoms with Crippen LogP contribution in [0, 0.1) is 0 Å². The molecule has 18 heavy (non-hydrogen) atoms. The monoisotopic (exact) mass is 268 g/mol. The molecule has 0 radical (unpaired) electrons. The van der Waals surface area contributed by atoms with E-state index >= 15 is 0 Å². The minimum Gasteiger partial charge on any atom is -0.296 e. The molecule has 104 valence electrons. The molecule has 1 aromatic carbocycles. The average molecular weight is 268 g/mol. The topological polar surface area (TPSA) is 6.48 Å². The van der Waals surface area contributed by atoms with Gasteiger partial charge in [0.05, 0.1) is 0 Å². The Balaban J connectivity index is 0.000000659. The summed E-state index contributed by atoms with van der Waals surface area (Å²) in [5.41, 5.74) is 1.40. The van der Waals surface area contributed by atoms with Crippen LogP contribution in [0.3, 0.4) is 0 Å². The Morgan fingerprint density at radius 3 is 1.89 bits per heavy atom. The molecular formula is C15H28N2S. The first-order valence-electron chi connectivity index (χ1n) is 7.05. The van der Waals surface area contributed by atoms with Crippen LogP contribution < -0.4 is 0 Å². The van der Waals surface area contributed by atoms with Crippen molar-refractivity contribution in [1.29, 1.82) is 0 Å². The van der Waals surface area contributed by atoms with Crippen LogP contribution in [-0.4, -0.2) is 35.4 Å². The zero-order valence-corrected chi connectivity index (χ0v) is 13.2. The number of piperazine rings is 1. The van der Waals surface area contributed by atoms with Crippen molar-refractivity contribution in [3.8, 4) is 0 Å². The largest absolute Gasteiger partial charge is 0.296 e. The van der Waals surface area contributed by atoms with Gasteiger partial charge in [0, 0.05) is 32.7 Å². The van der Waals surface area contributed by atoms with Crippen LogP contribution in [0.5, 0.6) is 0 Å². The van der Waals surface area contributed by atoms with Gasteiger partial charge in [0.15, 0.2) is 0 Å². The van der Waals surface area contributed by atoms with E-state index < -0.39 is 0 Å².